The second-order valence-electron chi connectivity index (χ2n) is 3.91. The van der Waals surface area contributed by atoms with Crippen molar-refractivity contribution in [1.82, 2.24) is 0 Å². The third-order valence-corrected chi connectivity index (χ3v) is 2.62. The lowest BCUT2D eigenvalue weighted by molar-refractivity contribution is -0.147. The van der Waals surface area contributed by atoms with Crippen LogP contribution in [0.1, 0.15) is 31.7 Å². The fourth-order valence-corrected chi connectivity index (χ4v) is 1.68. The minimum atomic E-state index is -1.22. The smallest absolute Gasteiger partial charge is 0.321 e. The molecule has 0 spiro atoms. The molecule has 0 aliphatic carbocycles. The van der Waals surface area contributed by atoms with E-state index in [1.165, 1.54) is 0 Å². The topological polar surface area (TPSA) is 104 Å². The van der Waals surface area contributed by atoms with E-state index in [0.717, 1.165) is 12.1 Å². The van der Waals surface area contributed by atoms with Gasteiger partial charge in [-0.1, -0.05) is 6.92 Å². The summed E-state index contributed by atoms with van der Waals surface area (Å²) in [4.78, 5) is 23.6. The third-order valence-electron chi connectivity index (χ3n) is 2.62. The predicted molar refractivity (Wildman–Crippen MR) is 66.1 cm³/mol. The Morgan fingerprint density at radius 1 is 1.16 bits per heavy atom. The number of Topliss-reactive ketones (excluding diaryl/α,β-unsaturated/α-hetero) is 1. The molecule has 0 saturated carbocycles. The van der Waals surface area contributed by atoms with Gasteiger partial charge in [0.2, 0.25) is 0 Å². The van der Waals surface area contributed by atoms with Gasteiger partial charge in [0.25, 0.3) is 0 Å². The molecule has 6 heteroatoms. The van der Waals surface area contributed by atoms with E-state index >= 15 is 0 Å². The number of phenols is 3. The Bertz CT molecular complexity index is 471. The average molecular weight is 268 g/mol. The molecule has 0 aliphatic rings. The van der Waals surface area contributed by atoms with Gasteiger partial charge in [0, 0.05) is 6.42 Å². The molecule has 6 nitrogen and oxygen atoms in total. The number of ether oxygens (including phenoxy) is 1. The summed E-state index contributed by atoms with van der Waals surface area (Å²) in [5.74, 6) is -4.28. The van der Waals surface area contributed by atoms with Crippen molar-refractivity contribution in [2.24, 2.45) is 0 Å². The quantitative estimate of drug-likeness (QED) is 0.424. The van der Waals surface area contributed by atoms with E-state index in [0.29, 0.717) is 0 Å². The van der Waals surface area contributed by atoms with Crippen LogP contribution in [0.2, 0.25) is 0 Å². The van der Waals surface area contributed by atoms with Crippen LogP contribution in [0, 0.1) is 0 Å². The van der Waals surface area contributed by atoms with Gasteiger partial charge < -0.3 is 20.1 Å². The van der Waals surface area contributed by atoms with Gasteiger partial charge in [-0.3, -0.25) is 9.59 Å². The minimum absolute atomic E-state index is 0.0816. The minimum Gasteiger partial charge on any atom is -0.504 e. The van der Waals surface area contributed by atoms with Crippen LogP contribution in [-0.4, -0.2) is 33.7 Å². The zero-order valence-electron chi connectivity index (χ0n) is 10.7. The Kier molecular flexibility index (Phi) is 4.74. The van der Waals surface area contributed by atoms with Crippen molar-refractivity contribution in [1.29, 1.82) is 0 Å². The second-order valence-corrected chi connectivity index (χ2v) is 3.91. The number of aromatic hydroxyl groups is 3. The van der Waals surface area contributed by atoms with E-state index in [1.54, 1.807) is 13.8 Å². The molecule has 0 amide bonds. The highest BCUT2D eigenvalue weighted by Gasteiger charge is 2.30. The molecule has 1 aromatic carbocycles. The molecule has 1 rings (SSSR count). The normalized spacial score (nSPS) is 11.9. The summed E-state index contributed by atoms with van der Waals surface area (Å²) >= 11 is 0. The lowest BCUT2D eigenvalue weighted by Crippen LogP contribution is -2.23. The van der Waals surface area contributed by atoms with Crippen LogP contribution >= 0.6 is 0 Å². The first-order chi connectivity index (χ1) is 8.92. The number of hydrogen-bond acceptors (Lipinski definition) is 6. The van der Waals surface area contributed by atoms with Crippen LogP contribution in [0.3, 0.4) is 0 Å². The van der Waals surface area contributed by atoms with Gasteiger partial charge in [0.15, 0.2) is 23.0 Å². The molecule has 1 unspecified atom stereocenters. The highest BCUT2D eigenvalue weighted by atomic mass is 16.5. The Morgan fingerprint density at radius 2 is 1.68 bits per heavy atom. The first kappa shape index (κ1) is 14.8. The molecule has 1 aromatic rings. The van der Waals surface area contributed by atoms with E-state index in [9.17, 15) is 24.9 Å². The average Bonchev–Trinajstić information content (AvgIpc) is 2.36. The van der Waals surface area contributed by atoms with Crippen molar-refractivity contribution in [3.63, 3.8) is 0 Å². The Balaban J connectivity index is 3.25. The number of carbonyl (C=O) groups excluding carboxylic acids is 2. The van der Waals surface area contributed by atoms with Crippen molar-refractivity contribution in [2.75, 3.05) is 6.61 Å². The number of benzene rings is 1. The molecule has 0 radical (unpaired) electrons. The largest absolute Gasteiger partial charge is 0.504 e. The van der Waals surface area contributed by atoms with Gasteiger partial charge >= 0.3 is 5.97 Å². The summed E-state index contributed by atoms with van der Waals surface area (Å²) < 4.78 is 4.81. The maximum atomic E-state index is 11.8. The molecule has 0 bridgehead atoms. The molecular weight excluding hydrogens is 252 g/mol. The van der Waals surface area contributed by atoms with Gasteiger partial charge in [-0.2, -0.15) is 0 Å². The van der Waals surface area contributed by atoms with E-state index in [1.807, 2.05) is 0 Å². The molecule has 19 heavy (non-hydrogen) atoms. The third kappa shape index (κ3) is 3.15. The summed E-state index contributed by atoms with van der Waals surface area (Å²) in [5.41, 5.74) is 0.0816. The van der Waals surface area contributed by atoms with Crippen LogP contribution in [0.15, 0.2) is 12.1 Å². The zero-order valence-corrected chi connectivity index (χ0v) is 10.7. The monoisotopic (exact) mass is 268 g/mol. The Hall–Kier alpha value is -2.24. The summed E-state index contributed by atoms with van der Waals surface area (Å²) in [7, 11) is 0. The zero-order chi connectivity index (χ0) is 14.6. The fraction of sp³-hybridized carbons (Fsp3) is 0.385. The fourth-order valence-electron chi connectivity index (χ4n) is 1.68. The maximum Gasteiger partial charge on any atom is 0.321 e. The van der Waals surface area contributed by atoms with Gasteiger partial charge in [-0.25, -0.2) is 0 Å². The second kappa shape index (κ2) is 6.08. The number of esters is 1. The van der Waals surface area contributed by atoms with Gasteiger partial charge in [0.1, 0.15) is 5.92 Å². The van der Waals surface area contributed by atoms with Crippen LogP contribution in [0.25, 0.3) is 0 Å². The van der Waals surface area contributed by atoms with Crippen molar-refractivity contribution < 1.29 is 29.6 Å². The van der Waals surface area contributed by atoms with E-state index in [-0.39, 0.29) is 18.6 Å². The number of rotatable bonds is 5. The maximum absolute atomic E-state index is 11.8. The number of carbonyl (C=O) groups is 2. The van der Waals surface area contributed by atoms with Gasteiger partial charge in [-0.15, -0.1) is 0 Å². The molecule has 0 heterocycles. The van der Waals surface area contributed by atoms with Gasteiger partial charge in [-0.05, 0) is 24.6 Å². The van der Waals surface area contributed by atoms with Crippen LogP contribution < -0.4 is 0 Å². The molecular formula is C13H16O6. The molecule has 0 fully saturated rings. The van der Waals surface area contributed by atoms with Gasteiger partial charge in [0.05, 0.1) is 6.61 Å². The standard InChI is InChI=1S/C13H16O6/c1-3-8(14)11(13(18)19-4-2)7-5-9(15)12(17)10(16)6-7/h5-6,11,15-17H,3-4H2,1-2H3. The van der Waals surface area contributed by atoms with Crippen LogP contribution in [0.4, 0.5) is 0 Å². The lowest BCUT2D eigenvalue weighted by Gasteiger charge is -2.15. The highest BCUT2D eigenvalue weighted by molar-refractivity contribution is 6.04. The van der Waals surface area contributed by atoms with Crippen LogP contribution in [0.5, 0.6) is 17.2 Å². The van der Waals surface area contributed by atoms with E-state index < -0.39 is 34.9 Å². The first-order valence-electron chi connectivity index (χ1n) is 5.86. The van der Waals surface area contributed by atoms with E-state index in [2.05, 4.69) is 0 Å². The van der Waals surface area contributed by atoms with Crippen molar-refractivity contribution in [3.05, 3.63) is 17.7 Å². The van der Waals surface area contributed by atoms with Crippen LogP contribution in [-0.2, 0) is 14.3 Å². The summed E-state index contributed by atoms with van der Waals surface area (Å²) in [5, 5.41) is 28.1. The lowest BCUT2D eigenvalue weighted by atomic mass is 9.92. The molecule has 0 aliphatic heterocycles. The number of ketones is 1. The molecule has 0 aromatic heterocycles. The predicted octanol–water partition coefficient (Wildman–Crippen LogP) is 1.43. The van der Waals surface area contributed by atoms with Crippen molar-refractivity contribution in [2.45, 2.75) is 26.2 Å². The number of hydrogen-bond donors (Lipinski definition) is 3. The summed E-state index contributed by atoms with van der Waals surface area (Å²) in [6, 6.07) is 2.12. The summed E-state index contributed by atoms with van der Waals surface area (Å²) in [6.45, 7) is 3.31. The Labute approximate surface area is 110 Å². The van der Waals surface area contributed by atoms with Crippen molar-refractivity contribution >= 4 is 11.8 Å². The van der Waals surface area contributed by atoms with Crippen molar-refractivity contribution in [3.8, 4) is 17.2 Å². The molecule has 104 valence electrons. The first-order valence-corrected chi connectivity index (χ1v) is 5.86. The molecule has 0 saturated heterocycles. The number of phenolic OH excluding ortho intramolecular Hbond substituents is 3. The van der Waals surface area contributed by atoms with E-state index in [4.69, 9.17) is 4.74 Å². The summed E-state index contributed by atoms with van der Waals surface area (Å²) in [6.07, 6.45) is 0.103. The molecule has 1 atom stereocenters. The molecule has 3 N–H and O–H groups in total. The Morgan fingerprint density at radius 3 is 2.11 bits per heavy atom. The SMILES string of the molecule is CCOC(=O)C(C(=O)CC)c1cc(O)c(O)c(O)c1. The highest BCUT2D eigenvalue weighted by Crippen LogP contribution is 2.38.